The molecule has 0 fully saturated rings. The van der Waals surface area contributed by atoms with Crippen LogP contribution >= 0.6 is 0 Å². The second-order valence-corrected chi connectivity index (χ2v) is 4.79. The summed E-state index contributed by atoms with van der Waals surface area (Å²) in [5.74, 6) is -1.18. The zero-order valence-corrected chi connectivity index (χ0v) is 10.8. The Morgan fingerprint density at radius 1 is 1.24 bits per heavy atom. The van der Waals surface area contributed by atoms with Gasteiger partial charge in [0.2, 0.25) is 0 Å². The molecule has 96 valence electrons. The summed E-state index contributed by atoms with van der Waals surface area (Å²) in [6.45, 7) is 4.00. The molecule has 4 heteroatoms. The smallest absolute Gasteiger partial charge is 0.126 e. The van der Waals surface area contributed by atoms with Crippen molar-refractivity contribution in [3.63, 3.8) is 0 Å². The lowest BCUT2D eigenvalue weighted by atomic mass is 9.84. The molecule has 0 saturated heterocycles. The molecule has 0 radical (unpaired) electrons. The average Bonchev–Trinajstić information content (AvgIpc) is 2.25. The molecule has 2 nitrogen and oxygen atoms in total. The Labute approximate surface area is 101 Å². The second-order valence-electron chi connectivity index (χ2n) is 4.79. The van der Waals surface area contributed by atoms with Crippen molar-refractivity contribution in [3.8, 4) is 0 Å². The molecule has 0 saturated carbocycles. The van der Waals surface area contributed by atoms with Gasteiger partial charge < -0.3 is 10.6 Å². The van der Waals surface area contributed by atoms with Crippen LogP contribution in [-0.4, -0.2) is 24.5 Å². The number of benzene rings is 1. The SMILES string of the molecule is CCC(C)(C(N)c1cc(F)cc(F)c1)N(C)C. The summed E-state index contributed by atoms with van der Waals surface area (Å²) in [6, 6.07) is 3.01. The van der Waals surface area contributed by atoms with Crippen molar-refractivity contribution in [1.29, 1.82) is 0 Å². The summed E-state index contributed by atoms with van der Waals surface area (Å²) in [5, 5.41) is 0. The highest BCUT2D eigenvalue weighted by Gasteiger charge is 2.33. The summed E-state index contributed by atoms with van der Waals surface area (Å²) in [5.41, 5.74) is 6.30. The van der Waals surface area contributed by atoms with E-state index in [0.717, 1.165) is 12.5 Å². The number of halogens is 2. The first-order valence-electron chi connectivity index (χ1n) is 5.70. The molecule has 0 amide bonds. The Morgan fingerprint density at radius 2 is 1.71 bits per heavy atom. The lowest BCUT2D eigenvalue weighted by Gasteiger charge is -2.41. The Balaban J connectivity index is 3.14. The van der Waals surface area contributed by atoms with E-state index in [1.165, 1.54) is 12.1 Å². The van der Waals surface area contributed by atoms with Crippen LogP contribution in [0.25, 0.3) is 0 Å². The van der Waals surface area contributed by atoms with Crippen LogP contribution in [0.5, 0.6) is 0 Å². The van der Waals surface area contributed by atoms with E-state index in [-0.39, 0.29) is 5.54 Å². The number of nitrogens with two attached hydrogens (primary N) is 1. The molecule has 0 aromatic heterocycles. The molecule has 1 aromatic carbocycles. The van der Waals surface area contributed by atoms with E-state index in [1.54, 1.807) is 0 Å². The largest absolute Gasteiger partial charge is 0.322 e. The van der Waals surface area contributed by atoms with Gasteiger partial charge in [0.15, 0.2) is 0 Å². The molecular weight excluding hydrogens is 222 g/mol. The zero-order valence-electron chi connectivity index (χ0n) is 10.8. The Morgan fingerprint density at radius 3 is 2.06 bits per heavy atom. The molecule has 0 bridgehead atoms. The van der Waals surface area contributed by atoms with Crippen LogP contribution in [0.1, 0.15) is 31.9 Å². The molecular formula is C13H20F2N2. The van der Waals surface area contributed by atoms with E-state index in [2.05, 4.69) is 0 Å². The minimum atomic E-state index is -0.590. The van der Waals surface area contributed by atoms with Gasteiger partial charge in [0, 0.05) is 17.6 Å². The van der Waals surface area contributed by atoms with E-state index in [4.69, 9.17) is 5.73 Å². The van der Waals surface area contributed by atoms with E-state index in [1.807, 2.05) is 32.8 Å². The monoisotopic (exact) mass is 242 g/mol. The summed E-state index contributed by atoms with van der Waals surface area (Å²) < 4.78 is 26.3. The lowest BCUT2D eigenvalue weighted by Crippen LogP contribution is -2.49. The van der Waals surface area contributed by atoms with Gasteiger partial charge in [0.05, 0.1) is 0 Å². The normalized spacial score (nSPS) is 16.9. The van der Waals surface area contributed by atoms with Crippen LogP contribution in [0.15, 0.2) is 18.2 Å². The Hall–Kier alpha value is -1.00. The minimum absolute atomic E-state index is 0.333. The van der Waals surface area contributed by atoms with Crippen molar-refractivity contribution in [3.05, 3.63) is 35.4 Å². The van der Waals surface area contributed by atoms with Crippen molar-refractivity contribution in [2.24, 2.45) is 5.73 Å². The molecule has 2 atom stereocenters. The maximum absolute atomic E-state index is 13.2. The number of rotatable bonds is 4. The Kier molecular flexibility index (Phi) is 4.22. The molecule has 2 unspecified atom stereocenters. The molecule has 17 heavy (non-hydrogen) atoms. The molecule has 0 heterocycles. The van der Waals surface area contributed by atoms with Crippen LogP contribution in [0.4, 0.5) is 8.78 Å². The summed E-state index contributed by atoms with van der Waals surface area (Å²) in [7, 11) is 3.83. The molecule has 0 aliphatic rings. The Bertz CT molecular complexity index is 373. The fraction of sp³-hybridized carbons (Fsp3) is 0.538. The third-order valence-corrected chi connectivity index (χ3v) is 3.65. The zero-order chi connectivity index (χ0) is 13.2. The number of nitrogens with zero attached hydrogens (tertiary/aromatic N) is 1. The predicted octanol–water partition coefficient (Wildman–Crippen LogP) is 2.69. The lowest BCUT2D eigenvalue weighted by molar-refractivity contribution is 0.131. The topological polar surface area (TPSA) is 29.3 Å². The summed E-state index contributed by atoms with van der Waals surface area (Å²) >= 11 is 0. The van der Waals surface area contributed by atoms with Gasteiger partial charge in [-0.1, -0.05) is 6.92 Å². The van der Waals surface area contributed by atoms with Crippen LogP contribution in [0.3, 0.4) is 0 Å². The number of hydrogen-bond donors (Lipinski definition) is 1. The first-order valence-corrected chi connectivity index (χ1v) is 5.70. The molecule has 0 spiro atoms. The summed E-state index contributed by atoms with van der Waals surface area (Å²) in [6.07, 6.45) is 0.791. The van der Waals surface area contributed by atoms with E-state index in [0.29, 0.717) is 5.56 Å². The van der Waals surface area contributed by atoms with Gasteiger partial charge in [-0.3, -0.25) is 0 Å². The van der Waals surface area contributed by atoms with Crippen molar-refractivity contribution < 1.29 is 8.78 Å². The predicted molar refractivity (Wildman–Crippen MR) is 65.7 cm³/mol. The number of hydrogen-bond acceptors (Lipinski definition) is 2. The van der Waals surface area contributed by atoms with E-state index < -0.39 is 17.7 Å². The van der Waals surface area contributed by atoms with Crippen LogP contribution in [0, 0.1) is 11.6 Å². The van der Waals surface area contributed by atoms with Crippen molar-refractivity contribution in [2.45, 2.75) is 31.8 Å². The van der Waals surface area contributed by atoms with Gasteiger partial charge in [0.25, 0.3) is 0 Å². The van der Waals surface area contributed by atoms with Gasteiger partial charge in [-0.25, -0.2) is 8.78 Å². The van der Waals surface area contributed by atoms with Gasteiger partial charge in [-0.15, -0.1) is 0 Å². The third-order valence-electron chi connectivity index (χ3n) is 3.65. The second kappa shape index (κ2) is 5.10. The van der Waals surface area contributed by atoms with Crippen LogP contribution in [0.2, 0.25) is 0 Å². The highest BCUT2D eigenvalue weighted by atomic mass is 19.1. The maximum Gasteiger partial charge on any atom is 0.126 e. The molecule has 0 aliphatic heterocycles. The molecule has 1 rings (SSSR count). The molecule has 1 aromatic rings. The summed E-state index contributed by atoms with van der Waals surface area (Å²) in [4.78, 5) is 1.99. The van der Waals surface area contributed by atoms with Gasteiger partial charge >= 0.3 is 0 Å². The van der Waals surface area contributed by atoms with Crippen molar-refractivity contribution in [2.75, 3.05) is 14.1 Å². The highest BCUT2D eigenvalue weighted by Crippen LogP contribution is 2.31. The van der Waals surface area contributed by atoms with Crippen molar-refractivity contribution in [1.82, 2.24) is 4.90 Å². The van der Waals surface area contributed by atoms with Crippen LogP contribution < -0.4 is 5.73 Å². The highest BCUT2D eigenvalue weighted by molar-refractivity contribution is 5.24. The first-order chi connectivity index (χ1) is 7.81. The van der Waals surface area contributed by atoms with E-state index >= 15 is 0 Å². The van der Waals surface area contributed by atoms with Gasteiger partial charge in [0.1, 0.15) is 11.6 Å². The first kappa shape index (κ1) is 14.1. The third kappa shape index (κ3) is 2.82. The minimum Gasteiger partial charge on any atom is -0.322 e. The standard InChI is InChI=1S/C13H20F2N2/c1-5-13(2,17(3)4)12(16)9-6-10(14)8-11(15)7-9/h6-8,12H,5,16H2,1-4H3. The van der Waals surface area contributed by atoms with Gasteiger partial charge in [-0.05, 0) is 45.1 Å². The quantitative estimate of drug-likeness (QED) is 0.879. The maximum atomic E-state index is 13.2. The average molecular weight is 242 g/mol. The van der Waals surface area contributed by atoms with Crippen molar-refractivity contribution >= 4 is 0 Å². The van der Waals surface area contributed by atoms with Gasteiger partial charge in [-0.2, -0.15) is 0 Å². The number of likely N-dealkylation sites (N-methyl/N-ethyl adjacent to an activating group) is 1. The van der Waals surface area contributed by atoms with Crippen LogP contribution in [-0.2, 0) is 0 Å². The molecule has 0 aliphatic carbocycles. The molecule has 2 N–H and O–H groups in total. The van der Waals surface area contributed by atoms with E-state index in [9.17, 15) is 8.78 Å². The fourth-order valence-corrected chi connectivity index (χ4v) is 1.93. The fourth-order valence-electron chi connectivity index (χ4n) is 1.93.